The largest absolute Gasteiger partial charge is 0.370 e. The Balaban J connectivity index is 2.45. The summed E-state index contributed by atoms with van der Waals surface area (Å²) in [4.78, 5) is 24.4. The van der Waals surface area contributed by atoms with Gasteiger partial charge in [0.2, 0.25) is 17.7 Å². The molecule has 0 aliphatic carbocycles. The number of carbonyl (C=O) groups is 2. The molecule has 3 N–H and O–H groups in total. The van der Waals surface area contributed by atoms with E-state index >= 15 is 0 Å². The fourth-order valence-corrected chi connectivity index (χ4v) is 2.32. The molecule has 0 bridgehead atoms. The van der Waals surface area contributed by atoms with E-state index in [0.717, 1.165) is 0 Å². The summed E-state index contributed by atoms with van der Waals surface area (Å²) in [5.74, 6) is -4.47. The van der Waals surface area contributed by atoms with Crippen LogP contribution in [0, 0.1) is 11.3 Å². The van der Waals surface area contributed by atoms with Crippen molar-refractivity contribution in [3.8, 4) is 6.07 Å². The van der Waals surface area contributed by atoms with Crippen LogP contribution in [0.3, 0.4) is 0 Å². The Morgan fingerprint density at radius 3 is 2.36 bits per heavy atom. The number of rotatable bonds is 7. The molecule has 22 heavy (non-hydrogen) atoms. The quantitative estimate of drug-likeness (QED) is 0.724. The Morgan fingerprint density at radius 1 is 1.32 bits per heavy atom. The van der Waals surface area contributed by atoms with Crippen molar-refractivity contribution in [3.63, 3.8) is 0 Å². The van der Waals surface area contributed by atoms with Crippen LogP contribution < -0.4 is 11.1 Å². The minimum atomic E-state index is -3.11. The second-order valence-electron chi connectivity index (χ2n) is 5.87. The Bertz CT molecular complexity index is 454. The number of carbonyl (C=O) groups excluding carboxylic acids is 2. The number of nitrogens with two attached hydrogens (primary N) is 1. The van der Waals surface area contributed by atoms with Gasteiger partial charge in [-0.1, -0.05) is 0 Å². The molecule has 0 aromatic carbocycles. The SMILES string of the molecule is CN1CCC(C#N)(NC(=O)CCC(F)(F)CCC(N)=O)CC1. The molecule has 1 aliphatic heterocycles. The van der Waals surface area contributed by atoms with E-state index in [0.29, 0.717) is 25.9 Å². The van der Waals surface area contributed by atoms with Gasteiger partial charge in [0.1, 0.15) is 5.54 Å². The van der Waals surface area contributed by atoms with Crippen molar-refractivity contribution in [1.29, 1.82) is 5.26 Å². The van der Waals surface area contributed by atoms with Crippen molar-refractivity contribution in [2.45, 2.75) is 50.0 Å². The maximum atomic E-state index is 13.5. The number of amides is 2. The third-order valence-electron chi connectivity index (χ3n) is 3.89. The lowest BCUT2D eigenvalue weighted by atomic mass is 9.89. The van der Waals surface area contributed by atoms with E-state index in [-0.39, 0.29) is 6.42 Å². The van der Waals surface area contributed by atoms with Gasteiger partial charge >= 0.3 is 0 Å². The van der Waals surface area contributed by atoms with Crippen LogP contribution in [0.2, 0.25) is 0 Å². The highest BCUT2D eigenvalue weighted by molar-refractivity contribution is 5.77. The number of hydrogen-bond donors (Lipinski definition) is 2. The van der Waals surface area contributed by atoms with Gasteiger partial charge in [-0.3, -0.25) is 9.59 Å². The molecule has 6 nitrogen and oxygen atoms in total. The number of halogens is 2. The fraction of sp³-hybridized carbons (Fsp3) is 0.786. The number of piperidine rings is 1. The number of nitrogens with one attached hydrogen (secondary N) is 1. The van der Waals surface area contributed by atoms with Gasteiger partial charge in [0.25, 0.3) is 0 Å². The second-order valence-corrected chi connectivity index (χ2v) is 5.87. The first-order valence-electron chi connectivity index (χ1n) is 7.25. The van der Waals surface area contributed by atoms with Crippen molar-refractivity contribution in [2.75, 3.05) is 20.1 Å². The molecule has 1 aliphatic rings. The lowest BCUT2D eigenvalue weighted by Gasteiger charge is -2.36. The lowest BCUT2D eigenvalue weighted by Crippen LogP contribution is -2.53. The van der Waals surface area contributed by atoms with Crippen molar-refractivity contribution < 1.29 is 18.4 Å². The van der Waals surface area contributed by atoms with Crippen LogP contribution in [0.15, 0.2) is 0 Å². The molecule has 0 unspecified atom stereocenters. The van der Waals surface area contributed by atoms with Crippen molar-refractivity contribution in [3.05, 3.63) is 0 Å². The van der Waals surface area contributed by atoms with Gasteiger partial charge in [0.15, 0.2) is 0 Å². The molecule has 2 amide bonds. The zero-order valence-electron chi connectivity index (χ0n) is 12.7. The molecule has 0 radical (unpaired) electrons. The van der Waals surface area contributed by atoms with E-state index in [2.05, 4.69) is 11.4 Å². The molecule has 1 rings (SSSR count). The summed E-state index contributed by atoms with van der Waals surface area (Å²) in [6, 6.07) is 2.10. The van der Waals surface area contributed by atoms with Crippen LogP contribution in [-0.2, 0) is 9.59 Å². The molecule has 1 heterocycles. The number of nitriles is 1. The summed E-state index contributed by atoms with van der Waals surface area (Å²) in [5, 5.41) is 11.9. The minimum absolute atomic E-state index is 0.384. The van der Waals surface area contributed by atoms with E-state index in [1.165, 1.54) is 0 Å². The number of likely N-dealkylation sites (tertiary alicyclic amines) is 1. The molecule has 0 aromatic heterocycles. The molecule has 8 heteroatoms. The molecular formula is C14H22F2N4O2. The number of primary amides is 1. The van der Waals surface area contributed by atoms with Crippen molar-refractivity contribution in [1.82, 2.24) is 10.2 Å². The lowest BCUT2D eigenvalue weighted by molar-refractivity contribution is -0.125. The van der Waals surface area contributed by atoms with Crippen LogP contribution in [0.1, 0.15) is 38.5 Å². The molecule has 0 aromatic rings. The molecule has 0 spiro atoms. The fourth-order valence-electron chi connectivity index (χ4n) is 2.32. The predicted octanol–water partition coefficient (Wildman–Crippen LogP) is 0.772. The number of alkyl halides is 2. The van der Waals surface area contributed by atoms with Gasteiger partial charge in [-0.25, -0.2) is 8.78 Å². The topological polar surface area (TPSA) is 99.2 Å². The van der Waals surface area contributed by atoms with E-state index in [1.807, 2.05) is 11.9 Å². The summed E-state index contributed by atoms with van der Waals surface area (Å²) in [7, 11) is 1.92. The normalized spacial score (nSPS) is 18.5. The van der Waals surface area contributed by atoms with Gasteiger partial charge < -0.3 is 16.0 Å². The molecule has 124 valence electrons. The standard InChI is InChI=1S/C14H22F2N4O2/c1-20-8-6-13(10-17,7-9-20)19-12(22)3-5-14(15,16)4-2-11(18)21/h2-9H2,1H3,(H2,18,21)(H,19,22). The van der Waals surface area contributed by atoms with Crippen LogP contribution in [0.25, 0.3) is 0 Å². The van der Waals surface area contributed by atoms with E-state index in [4.69, 9.17) is 5.73 Å². The first-order chi connectivity index (χ1) is 10.2. The Hall–Kier alpha value is -1.75. The zero-order chi connectivity index (χ0) is 16.8. The van der Waals surface area contributed by atoms with Gasteiger partial charge in [-0.2, -0.15) is 5.26 Å². The number of hydrogen-bond acceptors (Lipinski definition) is 4. The minimum Gasteiger partial charge on any atom is -0.370 e. The summed E-state index contributed by atoms with van der Waals surface area (Å²) < 4.78 is 27.0. The van der Waals surface area contributed by atoms with Gasteiger partial charge in [-0.15, -0.1) is 0 Å². The van der Waals surface area contributed by atoms with Crippen LogP contribution in [-0.4, -0.2) is 48.3 Å². The summed E-state index contributed by atoms with van der Waals surface area (Å²) in [5.41, 5.74) is 3.87. The third kappa shape index (κ3) is 5.93. The molecular weight excluding hydrogens is 294 g/mol. The van der Waals surface area contributed by atoms with Crippen molar-refractivity contribution in [2.24, 2.45) is 5.73 Å². The summed E-state index contributed by atoms with van der Waals surface area (Å²) in [6.07, 6.45) is -1.17. The monoisotopic (exact) mass is 316 g/mol. The summed E-state index contributed by atoms with van der Waals surface area (Å²) in [6.45, 7) is 1.34. The Morgan fingerprint density at radius 2 is 1.86 bits per heavy atom. The van der Waals surface area contributed by atoms with E-state index in [1.54, 1.807) is 0 Å². The van der Waals surface area contributed by atoms with Crippen LogP contribution in [0.5, 0.6) is 0 Å². The number of nitrogens with zero attached hydrogens (tertiary/aromatic N) is 2. The molecule has 1 saturated heterocycles. The highest BCUT2D eigenvalue weighted by atomic mass is 19.3. The average Bonchev–Trinajstić information content (AvgIpc) is 2.46. The molecule has 0 atom stereocenters. The maximum absolute atomic E-state index is 13.5. The first-order valence-corrected chi connectivity index (χ1v) is 7.25. The zero-order valence-corrected chi connectivity index (χ0v) is 12.7. The Kier molecular flexibility index (Phi) is 6.23. The van der Waals surface area contributed by atoms with Gasteiger partial charge in [0.05, 0.1) is 6.07 Å². The second kappa shape index (κ2) is 7.49. The van der Waals surface area contributed by atoms with Crippen LogP contribution >= 0.6 is 0 Å². The van der Waals surface area contributed by atoms with Crippen molar-refractivity contribution >= 4 is 11.8 Å². The molecule has 1 fully saturated rings. The highest BCUT2D eigenvalue weighted by Gasteiger charge is 2.36. The maximum Gasteiger partial charge on any atom is 0.249 e. The summed E-state index contributed by atoms with van der Waals surface area (Å²) >= 11 is 0. The highest BCUT2D eigenvalue weighted by Crippen LogP contribution is 2.27. The Labute approximate surface area is 128 Å². The molecule has 0 saturated carbocycles. The van der Waals surface area contributed by atoms with Crippen LogP contribution in [0.4, 0.5) is 8.78 Å². The van der Waals surface area contributed by atoms with E-state index in [9.17, 15) is 23.6 Å². The first kappa shape index (κ1) is 18.3. The smallest absolute Gasteiger partial charge is 0.249 e. The third-order valence-corrected chi connectivity index (χ3v) is 3.89. The predicted molar refractivity (Wildman–Crippen MR) is 75.8 cm³/mol. The average molecular weight is 316 g/mol. The van der Waals surface area contributed by atoms with E-state index < -0.39 is 42.5 Å². The van der Waals surface area contributed by atoms with Gasteiger partial charge in [-0.05, 0) is 19.9 Å². The van der Waals surface area contributed by atoms with Gasteiger partial charge in [0, 0.05) is 38.8 Å².